The number of amides is 1. The predicted molar refractivity (Wildman–Crippen MR) is 91.3 cm³/mol. The van der Waals surface area contributed by atoms with Gasteiger partial charge in [-0.05, 0) is 24.8 Å². The Balaban J connectivity index is 1.79. The number of carbonyl (C=O) groups excluding carboxylic acids is 1. The number of H-pyrrole nitrogens is 1. The lowest BCUT2D eigenvalue weighted by Crippen LogP contribution is -2.38. The van der Waals surface area contributed by atoms with Crippen LogP contribution in [0, 0.1) is 17.2 Å². The molecule has 1 aliphatic heterocycles. The van der Waals surface area contributed by atoms with E-state index in [1.165, 1.54) is 0 Å². The van der Waals surface area contributed by atoms with E-state index in [4.69, 9.17) is 5.26 Å². The van der Waals surface area contributed by atoms with Crippen molar-refractivity contribution in [2.45, 2.75) is 26.2 Å². The van der Waals surface area contributed by atoms with Crippen molar-refractivity contribution in [3.63, 3.8) is 0 Å². The van der Waals surface area contributed by atoms with Crippen molar-refractivity contribution in [1.82, 2.24) is 19.9 Å². The maximum Gasteiger partial charge on any atom is 0.236 e. The van der Waals surface area contributed by atoms with E-state index < -0.39 is 0 Å². The molecule has 1 aliphatic rings. The van der Waals surface area contributed by atoms with E-state index in [2.05, 4.69) is 26.8 Å². The lowest BCUT2D eigenvalue weighted by molar-refractivity contribution is -0.130. The molecule has 2 aromatic rings. The lowest BCUT2D eigenvalue weighted by atomic mass is 10.1. The summed E-state index contributed by atoms with van der Waals surface area (Å²) in [5.74, 6) is 1.19. The van der Waals surface area contributed by atoms with Gasteiger partial charge in [0.1, 0.15) is 24.2 Å². The number of nitrogens with zero attached hydrogens (tertiary/aromatic N) is 5. The van der Waals surface area contributed by atoms with Crippen LogP contribution in [-0.4, -0.2) is 51.9 Å². The average molecular weight is 326 g/mol. The topological polar surface area (TPSA) is 88.9 Å². The zero-order valence-electron chi connectivity index (χ0n) is 13.9. The highest BCUT2D eigenvalue weighted by Crippen LogP contribution is 2.24. The van der Waals surface area contributed by atoms with Crippen molar-refractivity contribution >= 4 is 22.8 Å². The van der Waals surface area contributed by atoms with Crippen molar-refractivity contribution in [2.75, 3.05) is 31.1 Å². The van der Waals surface area contributed by atoms with Gasteiger partial charge in [-0.1, -0.05) is 6.92 Å². The molecule has 0 bridgehead atoms. The summed E-state index contributed by atoms with van der Waals surface area (Å²) < 4.78 is 0. The second-order valence-corrected chi connectivity index (χ2v) is 6.37. The number of rotatable bonds is 2. The molecule has 7 heteroatoms. The van der Waals surface area contributed by atoms with Gasteiger partial charge in [0.15, 0.2) is 0 Å². The summed E-state index contributed by atoms with van der Waals surface area (Å²) in [6.45, 7) is 5.27. The Labute approximate surface area is 141 Å². The highest BCUT2D eigenvalue weighted by atomic mass is 16.2. The Kier molecular flexibility index (Phi) is 4.94. The molecule has 0 saturated carbocycles. The summed E-state index contributed by atoms with van der Waals surface area (Å²) >= 11 is 0. The van der Waals surface area contributed by atoms with Gasteiger partial charge in [-0.3, -0.25) is 4.79 Å². The fraction of sp³-hybridized carbons (Fsp3) is 0.529. The predicted octanol–water partition coefficient (Wildman–Crippen LogP) is 1.94. The summed E-state index contributed by atoms with van der Waals surface area (Å²) in [6.07, 6.45) is 5.35. The van der Waals surface area contributed by atoms with Crippen molar-refractivity contribution < 1.29 is 4.79 Å². The standard InChI is InChI=1S/C17H22N6O/c1-13-10-22(15(24)4-6-18)8-2-3-9-23(11-13)17-14-5-7-19-16(14)20-12-21-17/h5,7,12-13H,2-4,8-11H2,1H3,(H,19,20,21). The quantitative estimate of drug-likeness (QED) is 0.911. The van der Waals surface area contributed by atoms with Crippen LogP contribution in [0.5, 0.6) is 0 Å². The number of hydrogen-bond acceptors (Lipinski definition) is 5. The van der Waals surface area contributed by atoms with E-state index in [-0.39, 0.29) is 12.3 Å². The van der Waals surface area contributed by atoms with E-state index in [9.17, 15) is 4.79 Å². The fourth-order valence-electron chi connectivity index (χ4n) is 3.31. The first-order valence-corrected chi connectivity index (χ1v) is 8.37. The Hall–Kier alpha value is -2.62. The van der Waals surface area contributed by atoms with Crippen LogP contribution in [0.25, 0.3) is 11.0 Å². The summed E-state index contributed by atoms with van der Waals surface area (Å²) in [5, 5.41) is 9.79. The third-order valence-corrected chi connectivity index (χ3v) is 4.39. The minimum Gasteiger partial charge on any atom is -0.356 e. The summed E-state index contributed by atoms with van der Waals surface area (Å²) in [7, 11) is 0. The summed E-state index contributed by atoms with van der Waals surface area (Å²) in [5.41, 5.74) is 0.846. The molecule has 0 aliphatic carbocycles. The van der Waals surface area contributed by atoms with Gasteiger partial charge in [0, 0.05) is 32.4 Å². The zero-order chi connectivity index (χ0) is 16.9. The van der Waals surface area contributed by atoms with Crippen molar-refractivity contribution in [3.05, 3.63) is 18.6 Å². The third-order valence-electron chi connectivity index (χ3n) is 4.39. The highest BCUT2D eigenvalue weighted by Gasteiger charge is 2.22. The molecule has 126 valence electrons. The maximum atomic E-state index is 12.1. The minimum atomic E-state index is -0.0622. The first-order valence-electron chi connectivity index (χ1n) is 8.37. The molecule has 1 N–H and O–H groups in total. The first kappa shape index (κ1) is 16.2. The van der Waals surface area contributed by atoms with E-state index in [0.717, 1.165) is 49.3 Å². The van der Waals surface area contributed by atoms with Crippen molar-refractivity contribution in [2.24, 2.45) is 5.92 Å². The van der Waals surface area contributed by atoms with E-state index in [1.807, 2.05) is 23.2 Å². The average Bonchev–Trinajstić information content (AvgIpc) is 3.07. The van der Waals surface area contributed by atoms with Gasteiger partial charge in [0.2, 0.25) is 5.91 Å². The number of fused-ring (bicyclic) bond motifs is 1. The number of nitrogens with one attached hydrogen (secondary N) is 1. The molecular formula is C17H22N6O. The van der Waals surface area contributed by atoms with Gasteiger partial charge in [-0.15, -0.1) is 0 Å². The smallest absolute Gasteiger partial charge is 0.236 e. The molecule has 7 nitrogen and oxygen atoms in total. The van der Waals surface area contributed by atoms with E-state index in [1.54, 1.807) is 6.33 Å². The Morgan fingerprint density at radius 1 is 1.38 bits per heavy atom. The summed E-state index contributed by atoms with van der Waals surface area (Å²) in [6, 6.07) is 3.97. The van der Waals surface area contributed by atoms with Crippen molar-refractivity contribution in [1.29, 1.82) is 5.26 Å². The van der Waals surface area contributed by atoms with Crippen LogP contribution in [-0.2, 0) is 4.79 Å². The molecule has 24 heavy (non-hydrogen) atoms. The second kappa shape index (κ2) is 7.30. The molecule has 1 unspecified atom stereocenters. The number of anilines is 1. The lowest BCUT2D eigenvalue weighted by Gasteiger charge is -2.28. The van der Waals surface area contributed by atoms with Crippen LogP contribution in [0.3, 0.4) is 0 Å². The monoisotopic (exact) mass is 326 g/mol. The number of nitriles is 1. The van der Waals surface area contributed by atoms with Gasteiger partial charge in [0.25, 0.3) is 0 Å². The largest absolute Gasteiger partial charge is 0.356 e. The van der Waals surface area contributed by atoms with Gasteiger partial charge < -0.3 is 14.8 Å². The highest BCUT2D eigenvalue weighted by molar-refractivity contribution is 5.87. The van der Waals surface area contributed by atoms with Crippen LogP contribution < -0.4 is 4.90 Å². The number of carbonyl (C=O) groups is 1. The normalized spacial score (nSPS) is 19.4. The van der Waals surface area contributed by atoms with Gasteiger partial charge in [-0.25, -0.2) is 9.97 Å². The molecule has 2 aromatic heterocycles. The first-order chi connectivity index (χ1) is 11.7. The molecule has 0 radical (unpaired) electrons. The minimum absolute atomic E-state index is 0.0354. The molecule has 1 saturated heterocycles. The zero-order valence-corrected chi connectivity index (χ0v) is 13.9. The maximum absolute atomic E-state index is 12.1. The fourth-order valence-corrected chi connectivity index (χ4v) is 3.31. The third kappa shape index (κ3) is 3.48. The molecule has 0 aromatic carbocycles. The Bertz CT molecular complexity index is 749. The molecule has 1 fully saturated rings. The van der Waals surface area contributed by atoms with Crippen LogP contribution >= 0.6 is 0 Å². The Morgan fingerprint density at radius 3 is 3.04 bits per heavy atom. The molecular weight excluding hydrogens is 304 g/mol. The Morgan fingerprint density at radius 2 is 2.21 bits per heavy atom. The summed E-state index contributed by atoms with van der Waals surface area (Å²) in [4.78, 5) is 28.1. The SMILES string of the molecule is CC1CN(C(=O)CC#N)CCCCN(c2ncnc3[nH]ccc23)C1. The van der Waals surface area contributed by atoms with E-state index in [0.29, 0.717) is 12.5 Å². The second-order valence-electron chi connectivity index (χ2n) is 6.37. The number of aromatic nitrogens is 3. The molecule has 1 atom stereocenters. The molecule has 0 spiro atoms. The van der Waals surface area contributed by atoms with Crippen LogP contribution in [0.2, 0.25) is 0 Å². The molecule has 3 heterocycles. The van der Waals surface area contributed by atoms with Gasteiger partial charge in [-0.2, -0.15) is 5.26 Å². The molecule has 3 rings (SSSR count). The van der Waals surface area contributed by atoms with Gasteiger partial charge in [0.05, 0.1) is 11.5 Å². The number of aromatic amines is 1. The van der Waals surface area contributed by atoms with Crippen LogP contribution in [0.4, 0.5) is 5.82 Å². The number of hydrogen-bond donors (Lipinski definition) is 1. The van der Waals surface area contributed by atoms with Gasteiger partial charge >= 0.3 is 0 Å². The van der Waals surface area contributed by atoms with Crippen LogP contribution in [0.15, 0.2) is 18.6 Å². The van der Waals surface area contributed by atoms with Crippen LogP contribution in [0.1, 0.15) is 26.2 Å². The van der Waals surface area contributed by atoms with E-state index >= 15 is 0 Å². The van der Waals surface area contributed by atoms with Crippen molar-refractivity contribution in [3.8, 4) is 6.07 Å². The molecule has 1 amide bonds.